The standard InChI is InChI=1S/C25H28N2O6/c1-4-16(3)18-7-9-19(10-8-18)32-12-13-33-21-11-6-17(15-22(21)31-5-2)14-20-23(28)26-25(30)27-24(20)29/h6-11,14-16H,4-5,12-13H2,1-3H3,(H2,26,27,28,29,30). The first-order chi connectivity index (χ1) is 15.9. The van der Waals surface area contributed by atoms with E-state index in [0.717, 1.165) is 12.2 Å². The van der Waals surface area contributed by atoms with Crippen molar-refractivity contribution in [2.45, 2.75) is 33.1 Å². The molecule has 0 aliphatic carbocycles. The number of urea groups is 1. The number of carbonyl (C=O) groups excluding carboxylic acids is 3. The van der Waals surface area contributed by atoms with E-state index in [0.29, 0.717) is 42.8 Å². The monoisotopic (exact) mass is 452 g/mol. The Morgan fingerprint density at radius 2 is 1.52 bits per heavy atom. The maximum Gasteiger partial charge on any atom is 0.328 e. The molecule has 1 heterocycles. The fourth-order valence-corrected chi connectivity index (χ4v) is 3.21. The number of ether oxygens (including phenoxy) is 3. The quantitative estimate of drug-likeness (QED) is 0.323. The second-order valence-electron chi connectivity index (χ2n) is 7.51. The van der Waals surface area contributed by atoms with Crippen LogP contribution in [-0.2, 0) is 9.59 Å². The van der Waals surface area contributed by atoms with Gasteiger partial charge in [-0.2, -0.15) is 0 Å². The van der Waals surface area contributed by atoms with Gasteiger partial charge < -0.3 is 14.2 Å². The highest BCUT2D eigenvalue weighted by Gasteiger charge is 2.27. The van der Waals surface area contributed by atoms with Gasteiger partial charge in [-0.1, -0.05) is 32.0 Å². The van der Waals surface area contributed by atoms with Crippen molar-refractivity contribution in [1.82, 2.24) is 10.6 Å². The van der Waals surface area contributed by atoms with Crippen LogP contribution in [0.4, 0.5) is 4.79 Å². The largest absolute Gasteiger partial charge is 0.490 e. The van der Waals surface area contributed by atoms with Gasteiger partial charge in [0, 0.05) is 0 Å². The predicted octanol–water partition coefficient (Wildman–Crippen LogP) is 3.81. The van der Waals surface area contributed by atoms with Crippen LogP contribution in [0.1, 0.15) is 44.2 Å². The zero-order valence-corrected chi connectivity index (χ0v) is 19.0. The highest BCUT2D eigenvalue weighted by atomic mass is 16.5. The lowest BCUT2D eigenvalue weighted by atomic mass is 9.99. The molecule has 1 aliphatic rings. The third kappa shape index (κ3) is 6.35. The molecule has 2 aromatic carbocycles. The molecule has 0 bridgehead atoms. The van der Waals surface area contributed by atoms with Crippen molar-refractivity contribution in [3.05, 3.63) is 59.2 Å². The van der Waals surface area contributed by atoms with Crippen molar-refractivity contribution < 1.29 is 28.6 Å². The summed E-state index contributed by atoms with van der Waals surface area (Å²) in [6, 6.07) is 12.3. The van der Waals surface area contributed by atoms with Crippen LogP contribution in [0.25, 0.3) is 6.08 Å². The van der Waals surface area contributed by atoms with Crippen LogP contribution < -0.4 is 24.8 Å². The molecule has 2 N–H and O–H groups in total. The van der Waals surface area contributed by atoms with Crippen molar-refractivity contribution >= 4 is 23.9 Å². The number of hydrogen-bond donors (Lipinski definition) is 2. The van der Waals surface area contributed by atoms with Crippen molar-refractivity contribution in [2.75, 3.05) is 19.8 Å². The third-order valence-corrected chi connectivity index (χ3v) is 5.19. The lowest BCUT2D eigenvalue weighted by Gasteiger charge is -2.15. The number of imide groups is 2. The van der Waals surface area contributed by atoms with E-state index in [1.54, 1.807) is 18.2 Å². The maximum atomic E-state index is 11.9. The first kappa shape index (κ1) is 23.8. The minimum absolute atomic E-state index is 0.168. The summed E-state index contributed by atoms with van der Waals surface area (Å²) in [5.74, 6) is 0.773. The second kappa shape index (κ2) is 11.2. The molecule has 1 fully saturated rings. The zero-order valence-electron chi connectivity index (χ0n) is 19.0. The van der Waals surface area contributed by atoms with E-state index in [2.05, 4.69) is 26.0 Å². The van der Waals surface area contributed by atoms with Crippen LogP contribution in [0.3, 0.4) is 0 Å². The maximum absolute atomic E-state index is 11.9. The Balaban J connectivity index is 1.61. The van der Waals surface area contributed by atoms with Gasteiger partial charge in [0.2, 0.25) is 0 Å². The summed E-state index contributed by atoms with van der Waals surface area (Å²) in [5, 5.41) is 4.08. The molecule has 0 spiro atoms. The van der Waals surface area contributed by atoms with E-state index in [1.165, 1.54) is 11.6 Å². The Morgan fingerprint density at radius 3 is 2.15 bits per heavy atom. The molecule has 8 heteroatoms. The molecule has 2 aromatic rings. The normalized spacial score (nSPS) is 14.3. The summed E-state index contributed by atoms with van der Waals surface area (Å²) in [6.45, 7) is 7.27. The van der Waals surface area contributed by atoms with Gasteiger partial charge in [0.05, 0.1) is 6.61 Å². The minimum atomic E-state index is -0.838. The number of amides is 4. The lowest BCUT2D eigenvalue weighted by molar-refractivity contribution is -0.123. The topological polar surface area (TPSA) is 103 Å². The van der Waals surface area contributed by atoms with Crippen LogP contribution in [0.15, 0.2) is 48.0 Å². The van der Waals surface area contributed by atoms with Crippen LogP contribution in [0.5, 0.6) is 17.2 Å². The van der Waals surface area contributed by atoms with Gasteiger partial charge in [0.15, 0.2) is 11.5 Å². The number of barbiturate groups is 1. The highest BCUT2D eigenvalue weighted by Crippen LogP contribution is 2.30. The van der Waals surface area contributed by atoms with Crippen molar-refractivity contribution in [1.29, 1.82) is 0 Å². The Labute approximate surface area is 192 Å². The Hall–Kier alpha value is -3.81. The molecule has 3 rings (SSSR count). The first-order valence-corrected chi connectivity index (χ1v) is 10.9. The van der Waals surface area contributed by atoms with Gasteiger partial charge in [-0.3, -0.25) is 20.2 Å². The summed E-state index contributed by atoms with van der Waals surface area (Å²) >= 11 is 0. The van der Waals surface area contributed by atoms with E-state index >= 15 is 0 Å². The number of hydrogen-bond acceptors (Lipinski definition) is 6. The first-order valence-electron chi connectivity index (χ1n) is 10.9. The average Bonchev–Trinajstić information content (AvgIpc) is 2.80. The Bertz CT molecular complexity index is 1020. The summed E-state index contributed by atoms with van der Waals surface area (Å²) in [6.07, 6.45) is 2.47. The number of rotatable bonds is 10. The number of carbonyl (C=O) groups is 3. The lowest BCUT2D eigenvalue weighted by Crippen LogP contribution is -2.51. The Morgan fingerprint density at radius 1 is 0.848 bits per heavy atom. The zero-order chi connectivity index (χ0) is 23.8. The van der Waals surface area contributed by atoms with E-state index in [-0.39, 0.29) is 5.57 Å². The number of benzene rings is 2. The molecular formula is C25H28N2O6. The molecule has 1 unspecified atom stereocenters. The molecule has 1 atom stereocenters. The smallest absolute Gasteiger partial charge is 0.328 e. The van der Waals surface area contributed by atoms with Crippen molar-refractivity contribution in [3.63, 3.8) is 0 Å². The average molecular weight is 453 g/mol. The van der Waals surface area contributed by atoms with Gasteiger partial charge in [0.25, 0.3) is 11.8 Å². The van der Waals surface area contributed by atoms with Crippen LogP contribution in [0, 0.1) is 0 Å². The van der Waals surface area contributed by atoms with Crippen LogP contribution in [0.2, 0.25) is 0 Å². The molecular weight excluding hydrogens is 424 g/mol. The van der Waals surface area contributed by atoms with Crippen LogP contribution >= 0.6 is 0 Å². The second-order valence-corrected chi connectivity index (χ2v) is 7.51. The van der Waals surface area contributed by atoms with Gasteiger partial charge in [0.1, 0.15) is 24.5 Å². The molecule has 33 heavy (non-hydrogen) atoms. The van der Waals surface area contributed by atoms with E-state index in [4.69, 9.17) is 14.2 Å². The summed E-state index contributed by atoms with van der Waals surface area (Å²) in [4.78, 5) is 35.0. The molecule has 1 saturated heterocycles. The fraction of sp³-hybridized carbons (Fsp3) is 0.320. The molecule has 0 saturated carbocycles. The van der Waals surface area contributed by atoms with Crippen LogP contribution in [-0.4, -0.2) is 37.7 Å². The van der Waals surface area contributed by atoms with Crippen molar-refractivity contribution in [2.24, 2.45) is 0 Å². The van der Waals surface area contributed by atoms with Crippen molar-refractivity contribution in [3.8, 4) is 17.2 Å². The molecule has 8 nitrogen and oxygen atoms in total. The Kier molecular flexibility index (Phi) is 8.07. The van der Waals surface area contributed by atoms with Gasteiger partial charge in [-0.25, -0.2) is 4.79 Å². The minimum Gasteiger partial charge on any atom is -0.490 e. The SMILES string of the molecule is CCOc1cc(C=C2C(=O)NC(=O)NC2=O)ccc1OCCOc1ccc(C(C)CC)cc1. The van der Waals surface area contributed by atoms with Gasteiger partial charge in [-0.05, 0) is 60.7 Å². The van der Waals surface area contributed by atoms with E-state index in [1.807, 2.05) is 29.7 Å². The predicted molar refractivity (Wildman–Crippen MR) is 123 cm³/mol. The number of nitrogens with one attached hydrogen (secondary N) is 2. The molecule has 174 valence electrons. The van der Waals surface area contributed by atoms with Gasteiger partial charge >= 0.3 is 6.03 Å². The molecule has 1 aliphatic heterocycles. The van der Waals surface area contributed by atoms with Gasteiger partial charge in [-0.15, -0.1) is 0 Å². The summed E-state index contributed by atoms with van der Waals surface area (Å²) < 4.78 is 17.2. The summed E-state index contributed by atoms with van der Waals surface area (Å²) in [5.41, 5.74) is 1.67. The van der Waals surface area contributed by atoms with E-state index in [9.17, 15) is 14.4 Å². The molecule has 4 amide bonds. The molecule has 0 radical (unpaired) electrons. The molecule has 0 aromatic heterocycles. The van der Waals surface area contributed by atoms with E-state index < -0.39 is 17.8 Å². The fourth-order valence-electron chi connectivity index (χ4n) is 3.21. The highest BCUT2D eigenvalue weighted by molar-refractivity contribution is 6.31. The third-order valence-electron chi connectivity index (χ3n) is 5.19. The summed E-state index contributed by atoms with van der Waals surface area (Å²) in [7, 11) is 0.